The first-order valence-electron chi connectivity index (χ1n) is 9.32. The number of hydrogen-bond donors (Lipinski definition) is 0. The van der Waals surface area contributed by atoms with Crippen LogP contribution >= 0.6 is 24.0 Å². The van der Waals surface area contributed by atoms with E-state index in [1.54, 1.807) is 31.2 Å². The Bertz CT molecular complexity index is 1100. The fraction of sp³-hybridized carbons (Fsp3) is 0.190. The molecule has 2 aromatic carbocycles. The van der Waals surface area contributed by atoms with Gasteiger partial charge in [0.2, 0.25) is 0 Å². The van der Waals surface area contributed by atoms with Gasteiger partial charge in [0.05, 0.1) is 22.0 Å². The average molecular weight is 459 g/mol. The van der Waals surface area contributed by atoms with E-state index in [4.69, 9.17) is 21.7 Å². The van der Waals surface area contributed by atoms with Gasteiger partial charge in [-0.25, -0.2) is 4.79 Å². The molecule has 160 valence electrons. The van der Waals surface area contributed by atoms with Crippen LogP contribution in [0.4, 0.5) is 5.69 Å². The van der Waals surface area contributed by atoms with Crippen LogP contribution in [0, 0.1) is 10.1 Å². The summed E-state index contributed by atoms with van der Waals surface area (Å²) in [7, 11) is 0. The van der Waals surface area contributed by atoms with Gasteiger partial charge in [-0.15, -0.1) is 0 Å². The number of amides is 1. The fourth-order valence-corrected chi connectivity index (χ4v) is 4.18. The molecule has 2 aromatic rings. The van der Waals surface area contributed by atoms with Crippen LogP contribution in [0.5, 0.6) is 11.5 Å². The number of nitro benzene ring substituents is 1. The highest BCUT2D eigenvalue weighted by molar-refractivity contribution is 8.26. The molecule has 10 heteroatoms. The van der Waals surface area contributed by atoms with Gasteiger partial charge in [-0.2, -0.15) is 0 Å². The SMILES string of the molecule is CCOc1cc(/C=C2/SC(=S)N(CC)C2=O)ccc1OC(=O)c1cccc([N+](=O)[O-])c1. The van der Waals surface area contributed by atoms with Gasteiger partial charge in [0.1, 0.15) is 4.32 Å². The molecule has 1 saturated heterocycles. The van der Waals surface area contributed by atoms with E-state index in [0.717, 1.165) is 6.07 Å². The average Bonchev–Trinajstić information content (AvgIpc) is 3.02. The first-order chi connectivity index (χ1) is 14.8. The second-order valence-corrected chi connectivity index (χ2v) is 7.94. The van der Waals surface area contributed by atoms with Gasteiger partial charge in [0, 0.05) is 18.7 Å². The van der Waals surface area contributed by atoms with E-state index >= 15 is 0 Å². The minimum atomic E-state index is -0.749. The van der Waals surface area contributed by atoms with Gasteiger partial charge in [-0.05, 0) is 43.7 Å². The third kappa shape index (κ3) is 5.09. The molecule has 0 N–H and O–H groups in total. The molecule has 0 saturated carbocycles. The number of likely N-dealkylation sites (N-methyl/N-ethyl adjacent to an activating group) is 1. The van der Waals surface area contributed by atoms with Crippen LogP contribution in [0.25, 0.3) is 6.08 Å². The maximum atomic E-state index is 12.5. The standard InChI is InChI=1S/C21H18N2O6S2/c1-3-22-19(24)18(31-21(22)30)11-13-8-9-16(17(10-13)28-4-2)29-20(25)14-6-5-7-15(12-14)23(26)27/h5-12H,3-4H2,1-2H3/b18-11+. The van der Waals surface area contributed by atoms with Gasteiger partial charge in [0.25, 0.3) is 11.6 Å². The van der Waals surface area contributed by atoms with Crippen LogP contribution in [0.3, 0.4) is 0 Å². The Morgan fingerprint density at radius 2 is 2.00 bits per heavy atom. The maximum Gasteiger partial charge on any atom is 0.343 e. The van der Waals surface area contributed by atoms with Crippen molar-refractivity contribution in [2.75, 3.05) is 13.2 Å². The second kappa shape index (κ2) is 9.71. The van der Waals surface area contributed by atoms with Crippen LogP contribution in [0.2, 0.25) is 0 Å². The molecule has 3 rings (SSSR count). The Hall–Kier alpha value is -3.24. The summed E-state index contributed by atoms with van der Waals surface area (Å²) in [4.78, 5) is 37.2. The van der Waals surface area contributed by atoms with E-state index in [1.165, 1.54) is 34.9 Å². The maximum absolute atomic E-state index is 12.5. The van der Waals surface area contributed by atoms with Crippen LogP contribution in [-0.4, -0.2) is 39.2 Å². The summed E-state index contributed by atoms with van der Waals surface area (Å²) < 4.78 is 11.5. The van der Waals surface area contributed by atoms with E-state index in [1.807, 2.05) is 6.92 Å². The number of thiocarbonyl (C=S) groups is 1. The molecule has 0 unspecified atom stereocenters. The number of nitrogens with zero attached hydrogens (tertiary/aromatic N) is 2. The summed E-state index contributed by atoms with van der Waals surface area (Å²) in [6, 6.07) is 10.2. The lowest BCUT2D eigenvalue weighted by Gasteiger charge is -2.12. The predicted octanol–water partition coefficient (Wildman–Crippen LogP) is 4.43. The van der Waals surface area contributed by atoms with Crippen molar-refractivity contribution in [1.29, 1.82) is 0 Å². The normalized spacial score (nSPS) is 14.8. The van der Waals surface area contributed by atoms with E-state index in [9.17, 15) is 19.7 Å². The number of esters is 1. The lowest BCUT2D eigenvalue weighted by atomic mass is 10.1. The Morgan fingerprint density at radius 3 is 2.65 bits per heavy atom. The van der Waals surface area contributed by atoms with Crippen molar-refractivity contribution in [3.63, 3.8) is 0 Å². The summed E-state index contributed by atoms with van der Waals surface area (Å²) >= 11 is 6.44. The summed E-state index contributed by atoms with van der Waals surface area (Å²) in [5.41, 5.74) is 0.512. The molecule has 0 atom stereocenters. The smallest absolute Gasteiger partial charge is 0.343 e. The Labute approximate surface area is 188 Å². The summed E-state index contributed by atoms with van der Waals surface area (Å²) in [6.45, 7) is 4.46. The molecule has 1 heterocycles. The van der Waals surface area contributed by atoms with Crippen LogP contribution in [-0.2, 0) is 4.79 Å². The Kier molecular flexibility index (Phi) is 7.03. The monoisotopic (exact) mass is 458 g/mol. The number of carbonyl (C=O) groups is 2. The number of ether oxygens (including phenoxy) is 2. The molecule has 0 aliphatic carbocycles. The van der Waals surface area contributed by atoms with Crippen molar-refractivity contribution < 1.29 is 24.0 Å². The quantitative estimate of drug-likeness (QED) is 0.150. The molecule has 0 spiro atoms. The zero-order chi connectivity index (χ0) is 22.5. The Balaban J connectivity index is 1.86. The van der Waals surface area contributed by atoms with Crippen molar-refractivity contribution in [2.45, 2.75) is 13.8 Å². The van der Waals surface area contributed by atoms with Crippen LogP contribution in [0.15, 0.2) is 47.4 Å². The molecule has 0 radical (unpaired) electrons. The molecule has 8 nitrogen and oxygen atoms in total. The highest BCUT2D eigenvalue weighted by atomic mass is 32.2. The molecular weight excluding hydrogens is 440 g/mol. The zero-order valence-electron chi connectivity index (χ0n) is 16.7. The molecule has 1 aliphatic rings. The largest absolute Gasteiger partial charge is 0.490 e. The van der Waals surface area contributed by atoms with E-state index in [2.05, 4.69) is 0 Å². The van der Waals surface area contributed by atoms with Gasteiger partial charge in [-0.3, -0.25) is 19.8 Å². The summed E-state index contributed by atoms with van der Waals surface area (Å²) in [6.07, 6.45) is 1.70. The van der Waals surface area contributed by atoms with E-state index in [-0.39, 0.29) is 22.9 Å². The zero-order valence-corrected chi connectivity index (χ0v) is 18.3. The number of thioether (sulfide) groups is 1. The van der Waals surface area contributed by atoms with Gasteiger partial charge in [0.15, 0.2) is 11.5 Å². The van der Waals surface area contributed by atoms with E-state index < -0.39 is 10.9 Å². The van der Waals surface area contributed by atoms with Crippen molar-refractivity contribution in [2.24, 2.45) is 0 Å². The first-order valence-corrected chi connectivity index (χ1v) is 10.5. The number of carbonyl (C=O) groups excluding carboxylic acids is 2. The summed E-state index contributed by atoms with van der Waals surface area (Å²) in [5, 5.41) is 10.9. The molecule has 1 amide bonds. The number of benzene rings is 2. The van der Waals surface area contributed by atoms with Gasteiger partial charge < -0.3 is 9.47 Å². The predicted molar refractivity (Wildman–Crippen MR) is 121 cm³/mol. The molecule has 0 bridgehead atoms. The minimum Gasteiger partial charge on any atom is -0.490 e. The van der Waals surface area contributed by atoms with Crippen LogP contribution in [0.1, 0.15) is 29.8 Å². The van der Waals surface area contributed by atoms with E-state index in [0.29, 0.717) is 33.7 Å². The van der Waals surface area contributed by atoms with Crippen LogP contribution < -0.4 is 9.47 Å². The Morgan fingerprint density at radius 1 is 1.23 bits per heavy atom. The summed E-state index contributed by atoms with van der Waals surface area (Å²) in [5.74, 6) is -0.435. The number of non-ortho nitro benzene ring substituents is 1. The lowest BCUT2D eigenvalue weighted by molar-refractivity contribution is -0.384. The number of hydrogen-bond acceptors (Lipinski definition) is 8. The number of rotatable bonds is 7. The molecule has 1 fully saturated rings. The third-order valence-electron chi connectivity index (χ3n) is 4.25. The van der Waals surface area contributed by atoms with Crippen molar-refractivity contribution in [1.82, 2.24) is 4.90 Å². The molecule has 31 heavy (non-hydrogen) atoms. The topological polar surface area (TPSA) is 99.0 Å². The van der Waals surface area contributed by atoms with Crippen molar-refractivity contribution in [3.8, 4) is 11.5 Å². The van der Waals surface area contributed by atoms with Crippen molar-refractivity contribution >= 4 is 51.9 Å². The van der Waals surface area contributed by atoms with Gasteiger partial charge in [-0.1, -0.05) is 36.1 Å². The second-order valence-electron chi connectivity index (χ2n) is 6.26. The highest BCUT2D eigenvalue weighted by Gasteiger charge is 2.30. The highest BCUT2D eigenvalue weighted by Crippen LogP contribution is 2.35. The lowest BCUT2D eigenvalue weighted by Crippen LogP contribution is -2.27. The van der Waals surface area contributed by atoms with Crippen molar-refractivity contribution in [3.05, 3.63) is 68.6 Å². The number of nitro groups is 1. The third-order valence-corrected chi connectivity index (χ3v) is 5.63. The molecule has 0 aromatic heterocycles. The van der Waals surface area contributed by atoms with Gasteiger partial charge >= 0.3 is 5.97 Å². The minimum absolute atomic E-state index is 0.0453. The molecular formula is C21H18N2O6S2. The molecule has 1 aliphatic heterocycles. The first kappa shape index (κ1) is 22.4. The fourth-order valence-electron chi connectivity index (χ4n) is 2.80.